The molecular weight excluding hydrogens is 609 g/mol. The zero-order valence-electron chi connectivity index (χ0n) is 27.0. The van der Waals surface area contributed by atoms with Gasteiger partial charge in [0, 0.05) is 27.8 Å². The topological polar surface area (TPSA) is 62.5 Å². The standard InChI is InChI=1S/C46H28N4/c47-29-43-35(23-12-24-36(43)33-25-26-41-39-21-8-7-19-37(39)38-20-9-10-22-40(38)42(41)28-33)32-17-11-18-34(27-32)46-49-44(30-13-3-1-4-14-30)48-45(50-46)31-15-5-2-6-16-31/h1-28H. The van der Waals surface area contributed by atoms with Gasteiger partial charge in [0.25, 0.3) is 0 Å². The summed E-state index contributed by atoms with van der Waals surface area (Å²) in [6.07, 6.45) is 0. The first-order chi connectivity index (χ1) is 24.7. The Morgan fingerprint density at radius 2 is 0.720 bits per heavy atom. The van der Waals surface area contributed by atoms with E-state index in [0.717, 1.165) is 38.9 Å². The molecule has 0 bridgehead atoms. The van der Waals surface area contributed by atoms with Gasteiger partial charge >= 0.3 is 0 Å². The molecule has 0 fully saturated rings. The maximum atomic E-state index is 10.7. The van der Waals surface area contributed by atoms with Crippen LogP contribution in [-0.2, 0) is 0 Å². The molecule has 0 aliphatic carbocycles. The third kappa shape index (κ3) is 5.06. The monoisotopic (exact) mass is 636 g/mol. The second kappa shape index (κ2) is 12.2. The van der Waals surface area contributed by atoms with Crippen LogP contribution in [0.3, 0.4) is 0 Å². The summed E-state index contributed by atoms with van der Waals surface area (Å²) in [5, 5.41) is 17.9. The smallest absolute Gasteiger partial charge is 0.164 e. The Hall–Kier alpha value is -6.96. The maximum Gasteiger partial charge on any atom is 0.164 e. The van der Waals surface area contributed by atoms with E-state index >= 15 is 0 Å². The van der Waals surface area contributed by atoms with E-state index in [9.17, 15) is 5.26 Å². The summed E-state index contributed by atoms with van der Waals surface area (Å²) in [7, 11) is 0. The Kier molecular flexibility index (Phi) is 7.15. The fraction of sp³-hybridized carbons (Fsp3) is 0. The predicted octanol–water partition coefficient (Wildman–Crippen LogP) is 11.5. The summed E-state index contributed by atoms with van der Waals surface area (Å²) in [6.45, 7) is 0. The number of hydrogen-bond donors (Lipinski definition) is 0. The minimum Gasteiger partial charge on any atom is -0.208 e. The molecule has 9 rings (SSSR count). The fourth-order valence-electron chi connectivity index (χ4n) is 6.99. The molecule has 0 aliphatic rings. The highest BCUT2D eigenvalue weighted by Gasteiger charge is 2.17. The Morgan fingerprint density at radius 1 is 0.320 bits per heavy atom. The highest BCUT2D eigenvalue weighted by Crippen LogP contribution is 2.39. The number of aromatic nitrogens is 3. The lowest BCUT2D eigenvalue weighted by atomic mass is 9.89. The number of fused-ring (bicyclic) bond motifs is 6. The molecule has 0 saturated carbocycles. The van der Waals surface area contributed by atoms with Gasteiger partial charge in [0.05, 0.1) is 5.56 Å². The fourth-order valence-corrected chi connectivity index (χ4v) is 6.99. The molecule has 4 nitrogen and oxygen atoms in total. The Bertz CT molecular complexity index is 2670. The number of benzene rings is 8. The largest absolute Gasteiger partial charge is 0.208 e. The van der Waals surface area contributed by atoms with Crippen LogP contribution in [0.4, 0.5) is 0 Å². The molecule has 1 aromatic heterocycles. The molecule has 0 radical (unpaired) electrons. The van der Waals surface area contributed by atoms with E-state index in [1.54, 1.807) is 0 Å². The summed E-state index contributed by atoms with van der Waals surface area (Å²) in [5.74, 6) is 1.79. The van der Waals surface area contributed by atoms with Gasteiger partial charge in [-0.1, -0.05) is 158 Å². The van der Waals surface area contributed by atoms with E-state index in [2.05, 4.69) is 78.9 Å². The Morgan fingerprint density at radius 3 is 1.26 bits per heavy atom. The van der Waals surface area contributed by atoms with Gasteiger partial charge in [-0.3, -0.25) is 0 Å². The van der Waals surface area contributed by atoms with Crippen LogP contribution in [0, 0.1) is 11.3 Å². The SMILES string of the molecule is N#Cc1c(-c2cccc(-c3nc(-c4ccccc4)nc(-c4ccccc4)n3)c2)cccc1-c1ccc2c3ccccc3c3ccccc3c2c1. The molecule has 0 saturated heterocycles. The zero-order chi connectivity index (χ0) is 33.4. The molecule has 0 N–H and O–H groups in total. The van der Waals surface area contributed by atoms with E-state index in [-0.39, 0.29) is 0 Å². The van der Waals surface area contributed by atoms with Gasteiger partial charge in [-0.25, -0.2) is 15.0 Å². The molecule has 9 aromatic rings. The third-order valence-electron chi connectivity index (χ3n) is 9.36. The van der Waals surface area contributed by atoms with Crippen LogP contribution in [0.15, 0.2) is 170 Å². The van der Waals surface area contributed by atoms with Gasteiger partial charge < -0.3 is 0 Å². The van der Waals surface area contributed by atoms with Gasteiger partial charge in [-0.2, -0.15) is 5.26 Å². The molecule has 0 unspecified atom stereocenters. The zero-order valence-corrected chi connectivity index (χ0v) is 27.0. The number of nitrogens with zero attached hydrogens (tertiary/aromatic N) is 4. The van der Waals surface area contributed by atoms with E-state index < -0.39 is 0 Å². The number of hydrogen-bond acceptors (Lipinski definition) is 4. The van der Waals surface area contributed by atoms with Gasteiger partial charge in [-0.05, 0) is 55.6 Å². The Labute approximate surface area is 289 Å². The second-order valence-electron chi connectivity index (χ2n) is 12.3. The minimum absolute atomic E-state index is 0.572. The molecule has 4 heteroatoms. The van der Waals surface area contributed by atoms with E-state index in [0.29, 0.717) is 23.0 Å². The van der Waals surface area contributed by atoms with Crippen molar-refractivity contribution in [2.45, 2.75) is 0 Å². The molecule has 0 spiro atoms. The molecular formula is C46H28N4. The number of rotatable bonds is 5. The van der Waals surface area contributed by atoms with Crippen LogP contribution in [0.5, 0.6) is 0 Å². The Balaban J connectivity index is 1.18. The lowest BCUT2D eigenvalue weighted by molar-refractivity contribution is 1.07. The quantitative estimate of drug-likeness (QED) is 0.176. The average Bonchev–Trinajstić information content (AvgIpc) is 3.21. The van der Waals surface area contributed by atoms with Gasteiger partial charge in [-0.15, -0.1) is 0 Å². The number of nitriles is 1. The van der Waals surface area contributed by atoms with Crippen LogP contribution in [0.1, 0.15) is 5.56 Å². The van der Waals surface area contributed by atoms with Crippen LogP contribution in [0.25, 0.3) is 88.7 Å². The summed E-state index contributed by atoms with van der Waals surface area (Å²) in [5.41, 5.74) is 6.98. The van der Waals surface area contributed by atoms with Crippen molar-refractivity contribution in [3.63, 3.8) is 0 Å². The highest BCUT2D eigenvalue weighted by molar-refractivity contribution is 6.25. The van der Waals surface area contributed by atoms with Crippen LogP contribution in [0.2, 0.25) is 0 Å². The third-order valence-corrected chi connectivity index (χ3v) is 9.36. The van der Waals surface area contributed by atoms with E-state index in [1.165, 1.54) is 32.3 Å². The van der Waals surface area contributed by atoms with Crippen molar-refractivity contribution < 1.29 is 0 Å². The molecule has 0 amide bonds. The van der Waals surface area contributed by atoms with E-state index in [4.69, 9.17) is 15.0 Å². The van der Waals surface area contributed by atoms with Gasteiger partial charge in [0.15, 0.2) is 17.5 Å². The first-order valence-electron chi connectivity index (χ1n) is 16.6. The minimum atomic E-state index is 0.572. The highest BCUT2D eigenvalue weighted by atomic mass is 15.0. The summed E-state index contributed by atoms with van der Waals surface area (Å²) < 4.78 is 0. The first kappa shape index (κ1) is 29.2. The van der Waals surface area contributed by atoms with Crippen molar-refractivity contribution in [2.24, 2.45) is 0 Å². The summed E-state index contributed by atoms with van der Waals surface area (Å²) >= 11 is 0. The summed E-state index contributed by atoms with van der Waals surface area (Å²) in [6, 6.07) is 60.4. The second-order valence-corrected chi connectivity index (χ2v) is 12.3. The molecule has 232 valence electrons. The predicted molar refractivity (Wildman–Crippen MR) is 204 cm³/mol. The molecule has 50 heavy (non-hydrogen) atoms. The summed E-state index contributed by atoms with van der Waals surface area (Å²) in [4.78, 5) is 14.7. The lowest BCUT2D eigenvalue weighted by Crippen LogP contribution is -2.00. The molecule has 0 aliphatic heterocycles. The van der Waals surface area contributed by atoms with Crippen molar-refractivity contribution in [3.05, 3.63) is 175 Å². The lowest BCUT2D eigenvalue weighted by Gasteiger charge is -2.14. The van der Waals surface area contributed by atoms with Crippen LogP contribution >= 0.6 is 0 Å². The average molecular weight is 637 g/mol. The van der Waals surface area contributed by atoms with Crippen LogP contribution in [-0.4, -0.2) is 15.0 Å². The van der Waals surface area contributed by atoms with Crippen molar-refractivity contribution in [1.29, 1.82) is 5.26 Å². The van der Waals surface area contributed by atoms with Gasteiger partial charge in [0.1, 0.15) is 6.07 Å². The van der Waals surface area contributed by atoms with Crippen molar-refractivity contribution in [1.82, 2.24) is 15.0 Å². The molecule has 8 aromatic carbocycles. The molecule has 1 heterocycles. The van der Waals surface area contributed by atoms with Crippen molar-refractivity contribution in [3.8, 4) is 62.5 Å². The maximum absolute atomic E-state index is 10.7. The van der Waals surface area contributed by atoms with E-state index in [1.807, 2.05) is 97.1 Å². The van der Waals surface area contributed by atoms with Gasteiger partial charge in [0.2, 0.25) is 0 Å². The van der Waals surface area contributed by atoms with Crippen molar-refractivity contribution in [2.75, 3.05) is 0 Å². The first-order valence-corrected chi connectivity index (χ1v) is 16.6. The van der Waals surface area contributed by atoms with Crippen molar-refractivity contribution >= 4 is 32.3 Å². The molecule has 0 atom stereocenters. The van der Waals surface area contributed by atoms with Crippen LogP contribution < -0.4 is 0 Å². The normalized spacial score (nSPS) is 11.2.